The molecule has 0 aliphatic carbocycles. The number of nitrogens with zero attached hydrogens (tertiary/aromatic N) is 1. The number of rotatable bonds is 5. The molecule has 0 atom stereocenters. The maximum Gasteiger partial charge on any atom is 0.367 e. The molecule has 0 saturated heterocycles. The van der Waals surface area contributed by atoms with Gasteiger partial charge in [-0.05, 0) is 12.1 Å². The molecule has 2 rings (SSSR count). The van der Waals surface area contributed by atoms with Gasteiger partial charge in [-0.15, -0.1) is 4.73 Å². The number of methoxy groups -OCH3 is 1. The first-order valence-electron chi connectivity index (χ1n) is 5.66. The quantitative estimate of drug-likeness (QED) is 0.798. The summed E-state index contributed by atoms with van der Waals surface area (Å²) in [5, 5.41) is 18.8. The van der Waals surface area contributed by atoms with Crippen LogP contribution < -0.4 is 9.57 Å². The van der Waals surface area contributed by atoms with Crippen LogP contribution in [0.4, 0.5) is 0 Å². The SMILES string of the molecule is COCOc1ccccc1C(=O)On1c(O)ccc1O. The first-order chi connectivity index (χ1) is 9.63. The molecule has 1 aromatic carbocycles. The lowest BCUT2D eigenvalue weighted by molar-refractivity contribution is 0.0343. The summed E-state index contributed by atoms with van der Waals surface area (Å²) in [6.07, 6.45) is 0. The highest BCUT2D eigenvalue weighted by Crippen LogP contribution is 2.22. The minimum atomic E-state index is -0.793. The van der Waals surface area contributed by atoms with Crippen molar-refractivity contribution in [3.8, 4) is 17.5 Å². The van der Waals surface area contributed by atoms with Gasteiger partial charge in [-0.3, -0.25) is 0 Å². The standard InChI is InChI=1S/C13H13NO6/c1-18-8-19-10-5-3-2-4-9(10)13(17)20-14-11(15)6-7-12(14)16/h2-7,15-16H,8H2,1H3. The fourth-order valence-corrected chi connectivity index (χ4v) is 1.51. The van der Waals surface area contributed by atoms with E-state index in [1.165, 1.54) is 25.3 Å². The van der Waals surface area contributed by atoms with Crippen molar-refractivity contribution >= 4 is 5.97 Å². The Bertz CT molecular complexity index is 587. The van der Waals surface area contributed by atoms with Crippen molar-refractivity contribution in [2.24, 2.45) is 0 Å². The van der Waals surface area contributed by atoms with Gasteiger partial charge in [-0.1, -0.05) is 12.1 Å². The Labute approximate surface area is 114 Å². The van der Waals surface area contributed by atoms with E-state index >= 15 is 0 Å². The topological polar surface area (TPSA) is 90.2 Å². The number of benzene rings is 1. The second kappa shape index (κ2) is 5.98. The predicted molar refractivity (Wildman–Crippen MR) is 67.6 cm³/mol. The van der Waals surface area contributed by atoms with E-state index in [1.54, 1.807) is 18.2 Å². The van der Waals surface area contributed by atoms with Crippen molar-refractivity contribution < 1.29 is 29.3 Å². The van der Waals surface area contributed by atoms with Crippen LogP contribution in [0.3, 0.4) is 0 Å². The first kappa shape index (κ1) is 13.8. The van der Waals surface area contributed by atoms with E-state index in [-0.39, 0.29) is 18.1 Å². The molecular weight excluding hydrogens is 266 g/mol. The summed E-state index contributed by atoms with van der Waals surface area (Å²) >= 11 is 0. The number of para-hydroxylation sites is 1. The number of hydrogen-bond acceptors (Lipinski definition) is 6. The highest BCUT2D eigenvalue weighted by molar-refractivity contribution is 5.92. The summed E-state index contributed by atoms with van der Waals surface area (Å²) in [7, 11) is 1.46. The Hall–Kier alpha value is -2.67. The summed E-state index contributed by atoms with van der Waals surface area (Å²) in [6.45, 7) is -0.0235. The van der Waals surface area contributed by atoms with Gasteiger partial charge in [0.1, 0.15) is 11.3 Å². The Morgan fingerprint density at radius 1 is 1.15 bits per heavy atom. The molecule has 1 heterocycles. The number of aromatic hydroxyl groups is 2. The van der Waals surface area contributed by atoms with Crippen molar-refractivity contribution in [3.05, 3.63) is 42.0 Å². The third-order valence-corrected chi connectivity index (χ3v) is 2.41. The smallest absolute Gasteiger partial charge is 0.367 e. The van der Waals surface area contributed by atoms with Gasteiger partial charge in [-0.2, -0.15) is 0 Å². The van der Waals surface area contributed by atoms with Crippen LogP contribution in [0.15, 0.2) is 36.4 Å². The Morgan fingerprint density at radius 2 is 1.80 bits per heavy atom. The molecule has 2 N–H and O–H groups in total. The molecule has 0 unspecified atom stereocenters. The maximum absolute atomic E-state index is 12.0. The van der Waals surface area contributed by atoms with E-state index in [0.29, 0.717) is 4.73 Å². The lowest BCUT2D eigenvalue weighted by Gasteiger charge is -2.11. The van der Waals surface area contributed by atoms with Crippen molar-refractivity contribution in [2.75, 3.05) is 13.9 Å². The van der Waals surface area contributed by atoms with Crippen molar-refractivity contribution in [2.45, 2.75) is 0 Å². The molecular formula is C13H13NO6. The summed E-state index contributed by atoms with van der Waals surface area (Å²) in [5.74, 6) is -1.32. The Balaban J connectivity index is 2.21. The predicted octanol–water partition coefficient (Wildman–Crippen LogP) is 1.15. The molecule has 0 bridgehead atoms. The largest absolute Gasteiger partial charge is 0.492 e. The molecule has 20 heavy (non-hydrogen) atoms. The van der Waals surface area contributed by atoms with Crippen LogP contribution in [-0.4, -0.2) is 34.8 Å². The average Bonchev–Trinajstić information content (AvgIpc) is 2.77. The van der Waals surface area contributed by atoms with E-state index < -0.39 is 17.7 Å². The molecule has 0 amide bonds. The lowest BCUT2D eigenvalue weighted by Crippen LogP contribution is -2.20. The monoisotopic (exact) mass is 279 g/mol. The minimum Gasteiger partial charge on any atom is -0.492 e. The third kappa shape index (κ3) is 2.83. The van der Waals surface area contributed by atoms with Crippen molar-refractivity contribution in [1.82, 2.24) is 4.73 Å². The van der Waals surface area contributed by atoms with Crippen molar-refractivity contribution in [1.29, 1.82) is 0 Å². The zero-order valence-electron chi connectivity index (χ0n) is 10.6. The third-order valence-electron chi connectivity index (χ3n) is 2.41. The molecule has 0 radical (unpaired) electrons. The number of hydrogen-bond donors (Lipinski definition) is 2. The van der Waals surface area contributed by atoms with Crippen LogP contribution >= 0.6 is 0 Å². The second-order valence-electron chi connectivity index (χ2n) is 3.77. The zero-order chi connectivity index (χ0) is 14.5. The van der Waals surface area contributed by atoms with E-state index in [2.05, 4.69) is 0 Å². The van der Waals surface area contributed by atoms with Gasteiger partial charge in [0.15, 0.2) is 6.79 Å². The molecule has 1 aromatic heterocycles. The van der Waals surface area contributed by atoms with Crippen molar-refractivity contribution in [3.63, 3.8) is 0 Å². The molecule has 0 aliphatic heterocycles. The summed E-state index contributed by atoms with van der Waals surface area (Å²) < 4.78 is 10.6. The van der Waals surface area contributed by atoms with Gasteiger partial charge in [-0.25, -0.2) is 4.79 Å². The van der Waals surface area contributed by atoms with Gasteiger partial charge >= 0.3 is 5.97 Å². The van der Waals surface area contributed by atoms with Crippen LogP contribution in [0.5, 0.6) is 17.5 Å². The van der Waals surface area contributed by atoms with Gasteiger partial charge in [0.25, 0.3) is 0 Å². The molecule has 7 nitrogen and oxygen atoms in total. The normalized spacial score (nSPS) is 10.2. The molecule has 2 aromatic rings. The highest BCUT2D eigenvalue weighted by atomic mass is 16.7. The average molecular weight is 279 g/mol. The number of ether oxygens (including phenoxy) is 2. The van der Waals surface area contributed by atoms with Crippen LogP contribution in [0.25, 0.3) is 0 Å². The van der Waals surface area contributed by atoms with Crippen LogP contribution in [0, 0.1) is 0 Å². The van der Waals surface area contributed by atoms with Gasteiger partial charge < -0.3 is 24.5 Å². The van der Waals surface area contributed by atoms with Gasteiger partial charge in [0.05, 0.1) is 0 Å². The summed E-state index contributed by atoms with van der Waals surface area (Å²) in [4.78, 5) is 16.9. The molecule has 106 valence electrons. The Morgan fingerprint density at radius 3 is 2.45 bits per heavy atom. The van der Waals surface area contributed by atoms with Crippen LogP contribution in [0.2, 0.25) is 0 Å². The highest BCUT2D eigenvalue weighted by Gasteiger charge is 2.17. The Kier molecular flexibility index (Phi) is 4.11. The molecule has 0 spiro atoms. The van der Waals surface area contributed by atoms with E-state index in [9.17, 15) is 15.0 Å². The van der Waals surface area contributed by atoms with Crippen LogP contribution in [-0.2, 0) is 4.74 Å². The molecule has 0 aliphatic rings. The number of aromatic nitrogens is 1. The number of carbonyl (C=O) groups is 1. The number of carbonyl (C=O) groups excluding carboxylic acids is 1. The van der Waals surface area contributed by atoms with E-state index in [4.69, 9.17) is 14.3 Å². The molecule has 7 heteroatoms. The molecule has 0 fully saturated rings. The molecule has 0 saturated carbocycles. The van der Waals surface area contributed by atoms with Gasteiger partial charge in [0, 0.05) is 19.2 Å². The van der Waals surface area contributed by atoms with E-state index in [1.807, 2.05) is 0 Å². The summed E-state index contributed by atoms with van der Waals surface area (Å²) in [6, 6.07) is 8.76. The summed E-state index contributed by atoms with van der Waals surface area (Å²) in [5.41, 5.74) is 0.136. The zero-order valence-corrected chi connectivity index (χ0v) is 10.6. The fraction of sp³-hybridized carbons (Fsp3) is 0.154. The first-order valence-corrected chi connectivity index (χ1v) is 5.66. The van der Waals surface area contributed by atoms with Gasteiger partial charge in [0.2, 0.25) is 11.8 Å². The minimum absolute atomic E-state index is 0.0235. The van der Waals surface area contributed by atoms with E-state index in [0.717, 1.165) is 0 Å². The maximum atomic E-state index is 12.0. The van der Waals surface area contributed by atoms with Crippen LogP contribution in [0.1, 0.15) is 10.4 Å². The second-order valence-corrected chi connectivity index (χ2v) is 3.77. The lowest BCUT2D eigenvalue weighted by atomic mass is 10.2. The fourth-order valence-electron chi connectivity index (χ4n) is 1.51.